The van der Waals surface area contributed by atoms with Crippen LogP contribution in [0.5, 0.6) is 0 Å². The Kier molecular flexibility index (Phi) is 5.35. The molecule has 0 atom stereocenters. The van der Waals surface area contributed by atoms with Gasteiger partial charge in [0.1, 0.15) is 5.82 Å². The minimum absolute atomic E-state index is 0.142. The zero-order valence-corrected chi connectivity index (χ0v) is 16.7. The molecule has 29 heavy (non-hydrogen) atoms. The number of nitrogens with zero attached hydrogens (tertiary/aromatic N) is 4. The number of H-pyrrole nitrogens is 1. The van der Waals surface area contributed by atoms with Crippen molar-refractivity contribution in [2.45, 2.75) is 6.42 Å². The van der Waals surface area contributed by atoms with Crippen LogP contribution in [0.25, 0.3) is 16.9 Å². The number of aromatic amines is 1. The average Bonchev–Trinajstić information content (AvgIpc) is 3.37. The van der Waals surface area contributed by atoms with E-state index in [0.717, 1.165) is 22.8 Å². The fourth-order valence-electron chi connectivity index (χ4n) is 3.11. The standard InChI is InChI=1S/C21H20N6OS/c1-26-19(24-25-21(26)29)11-12-22-20(28)16-8-5-9-17(14-16)27-18(10-13-23-27)15-6-3-2-4-7-15/h2-10,13-14H,11-12H2,1H3,(H,22,28)(H,25,29). The van der Waals surface area contributed by atoms with Gasteiger partial charge >= 0.3 is 0 Å². The number of hydrogen-bond acceptors (Lipinski definition) is 4. The lowest BCUT2D eigenvalue weighted by atomic mass is 10.1. The Balaban J connectivity index is 1.49. The third kappa shape index (κ3) is 4.02. The number of benzene rings is 2. The molecule has 0 saturated carbocycles. The Hall–Kier alpha value is -3.52. The van der Waals surface area contributed by atoms with Crippen molar-refractivity contribution in [3.05, 3.63) is 83.0 Å². The molecule has 146 valence electrons. The summed E-state index contributed by atoms with van der Waals surface area (Å²) in [5, 5.41) is 14.3. The Morgan fingerprint density at radius 1 is 1.14 bits per heavy atom. The molecule has 2 aromatic carbocycles. The maximum absolute atomic E-state index is 12.6. The lowest BCUT2D eigenvalue weighted by Crippen LogP contribution is -2.26. The summed E-state index contributed by atoms with van der Waals surface area (Å²) in [6, 6.07) is 19.4. The van der Waals surface area contributed by atoms with Gasteiger partial charge in [0.25, 0.3) is 5.91 Å². The molecule has 0 radical (unpaired) electrons. The van der Waals surface area contributed by atoms with Gasteiger partial charge < -0.3 is 9.88 Å². The minimum Gasteiger partial charge on any atom is -0.352 e. The Morgan fingerprint density at radius 3 is 2.72 bits per heavy atom. The molecule has 8 heteroatoms. The summed E-state index contributed by atoms with van der Waals surface area (Å²) < 4.78 is 4.19. The monoisotopic (exact) mass is 404 g/mol. The molecular formula is C21H20N6OS. The zero-order valence-electron chi connectivity index (χ0n) is 15.9. The van der Waals surface area contributed by atoms with Crippen molar-refractivity contribution in [2.24, 2.45) is 7.05 Å². The molecule has 4 aromatic rings. The molecule has 2 N–H and O–H groups in total. The second-order valence-electron chi connectivity index (χ2n) is 6.55. The molecule has 0 aliphatic rings. The van der Waals surface area contributed by atoms with Crippen LogP contribution in [0.1, 0.15) is 16.2 Å². The van der Waals surface area contributed by atoms with Crippen LogP contribution >= 0.6 is 12.2 Å². The van der Waals surface area contributed by atoms with Crippen molar-refractivity contribution in [1.29, 1.82) is 0 Å². The summed E-state index contributed by atoms with van der Waals surface area (Å²) in [4.78, 5) is 12.6. The maximum Gasteiger partial charge on any atom is 0.251 e. The largest absolute Gasteiger partial charge is 0.352 e. The molecule has 0 aliphatic heterocycles. The molecule has 0 aliphatic carbocycles. The van der Waals surface area contributed by atoms with Gasteiger partial charge in [0, 0.05) is 31.1 Å². The van der Waals surface area contributed by atoms with Crippen molar-refractivity contribution >= 4 is 18.1 Å². The van der Waals surface area contributed by atoms with Crippen molar-refractivity contribution in [3.8, 4) is 16.9 Å². The van der Waals surface area contributed by atoms with E-state index < -0.39 is 0 Å². The Morgan fingerprint density at radius 2 is 1.97 bits per heavy atom. The first kappa shape index (κ1) is 18.8. The van der Waals surface area contributed by atoms with Gasteiger partial charge in [0.15, 0.2) is 4.77 Å². The number of amides is 1. The van der Waals surface area contributed by atoms with E-state index in [1.807, 2.05) is 66.3 Å². The average molecular weight is 404 g/mol. The van der Waals surface area contributed by atoms with Crippen LogP contribution in [0.2, 0.25) is 0 Å². The van der Waals surface area contributed by atoms with Crippen molar-refractivity contribution in [2.75, 3.05) is 6.54 Å². The first-order valence-electron chi connectivity index (χ1n) is 9.22. The van der Waals surface area contributed by atoms with E-state index in [2.05, 4.69) is 20.6 Å². The highest BCUT2D eigenvalue weighted by atomic mass is 32.1. The van der Waals surface area contributed by atoms with Gasteiger partial charge in [-0.3, -0.25) is 9.89 Å². The predicted octanol–water partition coefficient (Wildman–Crippen LogP) is 3.30. The molecule has 1 amide bonds. The van der Waals surface area contributed by atoms with E-state index in [-0.39, 0.29) is 5.91 Å². The first-order valence-corrected chi connectivity index (χ1v) is 9.62. The summed E-state index contributed by atoms with van der Waals surface area (Å²) in [5.41, 5.74) is 3.44. The normalized spacial score (nSPS) is 10.8. The van der Waals surface area contributed by atoms with Crippen molar-refractivity contribution in [1.82, 2.24) is 29.9 Å². The van der Waals surface area contributed by atoms with Crippen LogP contribution in [-0.2, 0) is 13.5 Å². The molecule has 0 fully saturated rings. The maximum atomic E-state index is 12.6. The Bertz CT molecular complexity index is 1190. The molecule has 7 nitrogen and oxygen atoms in total. The minimum atomic E-state index is -0.142. The van der Waals surface area contributed by atoms with Crippen molar-refractivity contribution < 1.29 is 4.79 Å². The van der Waals surface area contributed by atoms with Crippen LogP contribution in [-0.4, -0.2) is 37.0 Å². The molecule has 4 rings (SSSR count). The van der Waals surface area contributed by atoms with Crippen LogP contribution in [0.15, 0.2) is 66.9 Å². The van der Waals surface area contributed by atoms with Crippen LogP contribution in [0, 0.1) is 4.77 Å². The third-order valence-corrected chi connectivity index (χ3v) is 5.04. The number of rotatable bonds is 6. The first-order chi connectivity index (χ1) is 14.1. The van der Waals surface area contributed by atoms with E-state index in [0.29, 0.717) is 23.3 Å². The van der Waals surface area contributed by atoms with Gasteiger partial charge in [-0.2, -0.15) is 10.2 Å². The summed E-state index contributed by atoms with van der Waals surface area (Å²) in [6.07, 6.45) is 2.35. The fourth-order valence-corrected chi connectivity index (χ4v) is 3.26. The third-order valence-electron chi connectivity index (χ3n) is 4.67. The fraction of sp³-hybridized carbons (Fsp3) is 0.143. The molecule has 0 unspecified atom stereocenters. The van der Waals surface area contributed by atoms with Gasteiger partial charge in [-0.25, -0.2) is 4.68 Å². The van der Waals surface area contributed by atoms with Gasteiger partial charge in [-0.05, 0) is 36.5 Å². The Labute approximate surface area is 173 Å². The molecule has 0 spiro atoms. The van der Waals surface area contributed by atoms with Crippen LogP contribution in [0.3, 0.4) is 0 Å². The highest BCUT2D eigenvalue weighted by molar-refractivity contribution is 7.71. The zero-order chi connectivity index (χ0) is 20.2. The SMILES string of the molecule is Cn1c(CCNC(=O)c2cccc(-n3nccc3-c3ccccc3)c2)n[nH]c1=S. The number of aromatic nitrogens is 5. The summed E-state index contributed by atoms with van der Waals surface area (Å²) in [5.74, 6) is 0.658. The molecule has 0 saturated heterocycles. The van der Waals surface area contributed by atoms with Crippen LogP contribution in [0.4, 0.5) is 0 Å². The van der Waals surface area contributed by atoms with E-state index in [9.17, 15) is 4.79 Å². The second kappa shape index (κ2) is 8.24. The topological polar surface area (TPSA) is 80.5 Å². The summed E-state index contributed by atoms with van der Waals surface area (Å²) >= 11 is 5.10. The van der Waals surface area contributed by atoms with Gasteiger partial charge in [-0.15, -0.1) is 0 Å². The van der Waals surface area contributed by atoms with E-state index in [1.165, 1.54) is 0 Å². The molecular weight excluding hydrogens is 384 g/mol. The number of hydrogen-bond donors (Lipinski definition) is 2. The van der Waals surface area contributed by atoms with Crippen molar-refractivity contribution in [3.63, 3.8) is 0 Å². The van der Waals surface area contributed by atoms with Gasteiger partial charge in [-0.1, -0.05) is 36.4 Å². The van der Waals surface area contributed by atoms with E-state index in [1.54, 1.807) is 16.8 Å². The highest BCUT2D eigenvalue weighted by Crippen LogP contribution is 2.22. The molecule has 0 bridgehead atoms. The summed E-state index contributed by atoms with van der Waals surface area (Å²) in [6.45, 7) is 0.466. The van der Waals surface area contributed by atoms with E-state index >= 15 is 0 Å². The lowest BCUT2D eigenvalue weighted by Gasteiger charge is -2.10. The number of carbonyl (C=O) groups excluding carboxylic acids is 1. The quantitative estimate of drug-likeness (QED) is 0.483. The predicted molar refractivity (Wildman–Crippen MR) is 113 cm³/mol. The van der Waals surface area contributed by atoms with E-state index in [4.69, 9.17) is 12.2 Å². The molecule has 2 aromatic heterocycles. The number of carbonyl (C=O) groups is 1. The summed E-state index contributed by atoms with van der Waals surface area (Å²) in [7, 11) is 1.85. The van der Waals surface area contributed by atoms with Gasteiger partial charge in [0.05, 0.1) is 17.6 Å². The highest BCUT2D eigenvalue weighted by Gasteiger charge is 2.11. The molecule has 2 heterocycles. The van der Waals surface area contributed by atoms with Gasteiger partial charge in [0.2, 0.25) is 0 Å². The lowest BCUT2D eigenvalue weighted by molar-refractivity contribution is 0.0954. The second-order valence-corrected chi connectivity index (χ2v) is 6.94. The van der Waals surface area contributed by atoms with Crippen LogP contribution < -0.4 is 5.32 Å². The smallest absolute Gasteiger partial charge is 0.251 e. The number of nitrogens with one attached hydrogen (secondary N) is 2.